The molecule has 55 heavy (non-hydrogen) atoms. The third-order valence-corrected chi connectivity index (χ3v) is 12.0. The SMILES string of the molecule is CC1(C)c2cc(N(c3ccccc3)c3ccc(-c4cc5ccccc5c5ccccc45)cc3)ccc2-c2c(-n3c4ccccc4c4ccccc43)cccc21. The molecule has 1 heterocycles. The van der Waals surface area contributed by atoms with Crippen LogP contribution in [0.15, 0.2) is 194 Å². The van der Waals surface area contributed by atoms with E-state index in [0.29, 0.717) is 0 Å². The molecule has 2 nitrogen and oxygen atoms in total. The van der Waals surface area contributed by atoms with E-state index >= 15 is 0 Å². The summed E-state index contributed by atoms with van der Waals surface area (Å²) in [6.07, 6.45) is 0. The molecule has 0 saturated carbocycles. The molecule has 0 bridgehead atoms. The third-order valence-electron chi connectivity index (χ3n) is 12.0. The van der Waals surface area contributed by atoms with Crippen LogP contribution in [0.5, 0.6) is 0 Å². The normalized spacial score (nSPS) is 13.1. The average molecular weight is 703 g/mol. The molecule has 0 amide bonds. The van der Waals surface area contributed by atoms with E-state index in [4.69, 9.17) is 0 Å². The number of rotatable bonds is 5. The van der Waals surface area contributed by atoms with Crippen molar-refractivity contribution in [2.75, 3.05) is 4.90 Å². The van der Waals surface area contributed by atoms with Gasteiger partial charge >= 0.3 is 0 Å². The quantitative estimate of drug-likeness (QED) is 0.162. The fourth-order valence-corrected chi connectivity index (χ4v) is 9.37. The lowest BCUT2D eigenvalue weighted by atomic mass is 9.82. The molecule has 0 N–H and O–H groups in total. The van der Waals surface area contributed by atoms with Gasteiger partial charge in [0.1, 0.15) is 0 Å². The Morgan fingerprint density at radius 3 is 1.71 bits per heavy atom. The van der Waals surface area contributed by atoms with Gasteiger partial charge in [-0.25, -0.2) is 0 Å². The molecule has 260 valence electrons. The Labute approximate surface area is 321 Å². The summed E-state index contributed by atoms with van der Waals surface area (Å²) < 4.78 is 2.47. The second-order valence-electron chi connectivity index (χ2n) is 15.3. The molecule has 0 saturated heterocycles. The standard InChI is InChI=1S/C53H38N2/c1-53(2)47-23-14-26-51(55-49-24-12-10-21-43(49)44-22-11-13-25-50(44)55)52(47)45-32-31-39(34-48(45)53)54(37-16-4-3-5-17-37)38-29-27-35(28-30-38)46-33-36-15-6-7-18-40(36)41-19-8-9-20-42(41)46/h3-34H,1-2H3. The number of para-hydroxylation sites is 3. The summed E-state index contributed by atoms with van der Waals surface area (Å²) in [4.78, 5) is 2.40. The fourth-order valence-electron chi connectivity index (χ4n) is 9.37. The highest BCUT2D eigenvalue weighted by atomic mass is 15.1. The lowest BCUT2D eigenvalue weighted by Gasteiger charge is -2.28. The van der Waals surface area contributed by atoms with Crippen LogP contribution in [0, 0.1) is 0 Å². The lowest BCUT2D eigenvalue weighted by molar-refractivity contribution is 0.660. The van der Waals surface area contributed by atoms with Gasteiger partial charge in [-0.2, -0.15) is 0 Å². The molecule has 0 unspecified atom stereocenters. The summed E-state index contributed by atoms with van der Waals surface area (Å²) >= 11 is 0. The van der Waals surface area contributed by atoms with E-state index in [9.17, 15) is 0 Å². The Morgan fingerprint density at radius 1 is 0.400 bits per heavy atom. The van der Waals surface area contributed by atoms with Crippen molar-refractivity contribution in [1.82, 2.24) is 4.57 Å². The van der Waals surface area contributed by atoms with E-state index in [1.165, 1.54) is 82.4 Å². The maximum absolute atomic E-state index is 2.47. The van der Waals surface area contributed by atoms with Crippen molar-refractivity contribution in [2.45, 2.75) is 19.3 Å². The number of fused-ring (bicyclic) bond motifs is 9. The van der Waals surface area contributed by atoms with Gasteiger partial charge in [-0.1, -0.05) is 147 Å². The van der Waals surface area contributed by atoms with Crippen LogP contribution in [0.2, 0.25) is 0 Å². The number of hydrogen-bond donors (Lipinski definition) is 0. The van der Waals surface area contributed by atoms with E-state index < -0.39 is 0 Å². The smallest absolute Gasteiger partial charge is 0.0543 e. The van der Waals surface area contributed by atoms with E-state index in [1.54, 1.807) is 0 Å². The molecule has 0 radical (unpaired) electrons. The summed E-state index contributed by atoms with van der Waals surface area (Å²) in [7, 11) is 0. The fraction of sp³-hybridized carbons (Fsp3) is 0.0566. The van der Waals surface area contributed by atoms with Gasteiger partial charge in [0.2, 0.25) is 0 Å². The largest absolute Gasteiger partial charge is 0.310 e. The molecule has 11 rings (SSSR count). The number of anilines is 3. The molecule has 2 heteroatoms. The Bertz CT molecular complexity index is 3060. The van der Waals surface area contributed by atoms with Gasteiger partial charge < -0.3 is 9.47 Å². The van der Waals surface area contributed by atoms with Gasteiger partial charge in [0.25, 0.3) is 0 Å². The first kappa shape index (κ1) is 31.6. The summed E-state index contributed by atoms with van der Waals surface area (Å²) in [6.45, 7) is 4.76. The van der Waals surface area contributed by atoms with Crippen molar-refractivity contribution in [3.63, 3.8) is 0 Å². The van der Waals surface area contributed by atoms with Crippen molar-refractivity contribution in [3.8, 4) is 27.9 Å². The van der Waals surface area contributed by atoms with Crippen LogP contribution in [0.4, 0.5) is 17.1 Å². The van der Waals surface area contributed by atoms with Crippen LogP contribution in [-0.4, -0.2) is 4.57 Å². The first-order chi connectivity index (χ1) is 27.1. The number of aromatic nitrogens is 1. The molecular formula is C53H38N2. The van der Waals surface area contributed by atoms with Crippen LogP contribution in [0.3, 0.4) is 0 Å². The molecule has 1 aliphatic rings. The molecule has 0 aliphatic heterocycles. The maximum atomic E-state index is 2.47. The molecule has 0 spiro atoms. The van der Waals surface area contributed by atoms with Crippen LogP contribution < -0.4 is 4.90 Å². The highest BCUT2D eigenvalue weighted by molar-refractivity contribution is 6.14. The lowest BCUT2D eigenvalue weighted by Crippen LogP contribution is -2.16. The minimum atomic E-state index is -0.196. The number of nitrogens with zero attached hydrogens (tertiary/aromatic N) is 2. The summed E-state index contributed by atoms with van der Waals surface area (Å²) in [6, 6.07) is 71.3. The molecular weight excluding hydrogens is 665 g/mol. The summed E-state index contributed by atoms with van der Waals surface area (Å²) in [5.74, 6) is 0. The van der Waals surface area contributed by atoms with E-state index in [-0.39, 0.29) is 5.41 Å². The van der Waals surface area contributed by atoms with Gasteiger partial charge in [-0.3, -0.25) is 0 Å². The second kappa shape index (κ2) is 12.1. The predicted octanol–water partition coefficient (Wildman–Crippen LogP) is 14.5. The highest BCUT2D eigenvalue weighted by Gasteiger charge is 2.38. The third kappa shape index (κ3) is 4.74. The van der Waals surface area contributed by atoms with Gasteiger partial charge in [-0.15, -0.1) is 0 Å². The Balaban J connectivity index is 1.06. The van der Waals surface area contributed by atoms with Crippen molar-refractivity contribution in [1.29, 1.82) is 0 Å². The Morgan fingerprint density at radius 2 is 0.982 bits per heavy atom. The monoisotopic (exact) mass is 702 g/mol. The zero-order chi connectivity index (χ0) is 36.7. The molecule has 1 aliphatic carbocycles. The molecule has 10 aromatic rings. The molecule has 9 aromatic carbocycles. The minimum absolute atomic E-state index is 0.196. The Hall–Kier alpha value is -6.90. The summed E-state index contributed by atoms with van der Waals surface area (Å²) in [5, 5.41) is 7.67. The first-order valence-corrected chi connectivity index (χ1v) is 19.2. The van der Waals surface area contributed by atoms with Crippen LogP contribution in [0.25, 0.3) is 71.3 Å². The number of benzene rings is 9. The van der Waals surface area contributed by atoms with E-state index in [0.717, 1.165) is 17.1 Å². The zero-order valence-electron chi connectivity index (χ0n) is 30.9. The second-order valence-corrected chi connectivity index (χ2v) is 15.3. The van der Waals surface area contributed by atoms with Crippen molar-refractivity contribution < 1.29 is 0 Å². The molecule has 0 atom stereocenters. The van der Waals surface area contributed by atoms with Crippen LogP contribution in [0.1, 0.15) is 25.0 Å². The van der Waals surface area contributed by atoms with Crippen molar-refractivity contribution in [3.05, 3.63) is 205 Å². The molecule has 0 fully saturated rings. The van der Waals surface area contributed by atoms with E-state index in [1.807, 2.05) is 0 Å². The number of hydrogen-bond acceptors (Lipinski definition) is 1. The van der Waals surface area contributed by atoms with Crippen LogP contribution in [-0.2, 0) is 5.41 Å². The van der Waals surface area contributed by atoms with Gasteiger partial charge in [0.05, 0.1) is 16.7 Å². The van der Waals surface area contributed by atoms with Crippen molar-refractivity contribution >= 4 is 60.4 Å². The Kier molecular flexibility index (Phi) is 6.93. The van der Waals surface area contributed by atoms with Gasteiger partial charge in [0, 0.05) is 38.8 Å². The summed E-state index contributed by atoms with van der Waals surface area (Å²) in [5.41, 5.74) is 14.7. The van der Waals surface area contributed by atoms with Crippen molar-refractivity contribution in [2.24, 2.45) is 0 Å². The van der Waals surface area contributed by atoms with Crippen LogP contribution >= 0.6 is 0 Å². The maximum Gasteiger partial charge on any atom is 0.0543 e. The minimum Gasteiger partial charge on any atom is -0.310 e. The average Bonchev–Trinajstić information content (AvgIpc) is 3.69. The predicted molar refractivity (Wildman–Crippen MR) is 233 cm³/mol. The van der Waals surface area contributed by atoms with Gasteiger partial charge in [0.15, 0.2) is 0 Å². The van der Waals surface area contributed by atoms with E-state index in [2.05, 4.69) is 217 Å². The zero-order valence-corrected chi connectivity index (χ0v) is 30.9. The topological polar surface area (TPSA) is 8.17 Å². The first-order valence-electron chi connectivity index (χ1n) is 19.2. The highest BCUT2D eigenvalue weighted by Crippen LogP contribution is 2.53. The van der Waals surface area contributed by atoms with Gasteiger partial charge in [-0.05, 0) is 110 Å². The molecule has 1 aromatic heterocycles.